The lowest BCUT2D eigenvalue weighted by Crippen LogP contribution is -2.44. The molecular weight excluding hydrogens is 240 g/mol. The topological polar surface area (TPSA) is 50.4 Å². The summed E-state index contributed by atoms with van der Waals surface area (Å²) >= 11 is 0. The smallest absolute Gasteiger partial charge is 0.237 e. The number of nitrogens with one attached hydrogen (secondary N) is 2. The van der Waals surface area contributed by atoms with Gasteiger partial charge in [0.05, 0.1) is 18.8 Å². The molecule has 3 fully saturated rings. The Bertz CT molecular complexity index is 315. The molecule has 108 valence electrons. The molecule has 3 atom stereocenters. The van der Waals surface area contributed by atoms with Gasteiger partial charge in [-0.2, -0.15) is 0 Å². The minimum absolute atomic E-state index is 0.0546. The van der Waals surface area contributed by atoms with Gasteiger partial charge in [-0.05, 0) is 44.1 Å². The predicted molar refractivity (Wildman–Crippen MR) is 73.8 cm³/mol. The van der Waals surface area contributed by atoms with E-state index in [9.17, 15) is 4.79 Å². The highest BCUT2D eigenvalue weighted by Crippen LogP contribution is 2.37. The van der Waals surface area contributed by atoms with Crippen LogP contribution in [0.1, 0.15) is 44.9 Å². The first-order valence-electron chi connectivity index (χ1n) is 7.97. The van der Waals surface area contributed by atoms with Crippen LogP contribution in [-0.2, 0) is 9.53 Å². The van der Waals surface area contributed by atoms with Crippen molar-refractivity contribution in [3.63, 3.8) is 0 Å². The van der Waals surface area contributed by atoms with Crippen LogP contribution >= 0.6 is 0 Å². The van der Waals surface area contributed by atoms with Crippen molar-refractivity contribution in [1.82, 2.24) is 10.6 Å². The van der Waals surface area contributed by atoms with Crippen LogP contribution in [0.3, 0.4) is 0 Å². The van der Waals surface area contributed by atoms with E-state index in [1.807, 2.05) is 0 Å². The maximum atomic E-state index is 12.2. The molecule has 3 aliphatic rings. The van der Waals surface area contributed by atoms with Gasteiger partial charge < -0.3 is 15.4 Å². The third-order valence-corrected chi connectivity index (χ3v) is 5.09. The zero-order valence-corrected chi connectivity index (χ0v) is 11.7. The van der Waals surface area contributed by atoms with Gasteiger partial charge in [0.2, 0.25) is 5.91 Å². The standard InChI is InChI=1S/C15H26N2O2/c18-15(14-13-7-3-4-11(13)10-17-14)16-8-9-19-12-5-1-2-6-12/h11-14,17H,1-10H2,(H,16,18). The van der Waals surface area contributed by atoms with Gasteiger partial charge in [-0.3, -0.25) is 4.79 Å². The molecule has 1 heterocycles. The average Bonchev–Trinajstić information content (AvgIpc) is 3.10. The first-order valence-corrected chi connectivity index (χ1v) is 7.97. The number of fused-ring (bicyclic) bond motifs is 1. The van der Waals surface area contributed by atoms with Gasteiger partial charge in [-0.15, -0.1) is 0 Å². The molecule has 1 amide bonds. The fourth-order valence-electron chi connectivity index (χ4n) is 4.04. The molecule has 1 aliphatic heterocycles. The molecule has 2 N–H and O–H groups in total. The van der Waals surface area contributed by atoms with Crippen LogP contribution in [0.2, 0.25) is 0 Å². The van der Waals surface area contributed by atoms with Gasteiger partial charge >= 0.3 is 0 Å². The second kappa shape index (κ2) is 6.23. The number of ether oxygens (including phenoxy) is 1. The highest BCUT2D eigenvalue weighted by Gasteiger charge is 2.42. The van der Waals surface area contributed by atoms with Gasteiger partial charge in [0.15, 0.2) is 0 Å². The van der Waals surface area contributed by atoms with Crippen molar-refractivity contribution in [1.29, 1.82) is 0 Å². The SMILES string of the molecule is O=C(NCCOC1CCCC1)C1NCC2CCCC21. The van der Waals surface area contributed by atoms with E-state index in [0.717, 1.165) is 12.5 Å². The van der Waals surface area contributed by atoms with E-state index in [4.69, 9.17) is 4.74 Å². The highest BCUT2D eigenvalue weighted by atomic mass is 16.5. The number of hydrogen-bond acceptors (Lipinski definition) is 3. The molecule has 3 unspecified atom stereocenters. The lowest BCUT2D eigenvalue weighted by atomic mass is 9.94. The van der Waals surface area contributed by atoms with E-state index in [1.54, 1.807) is 0 Å². The summed E-state index contributed by atoms with van der Waals surface area (Å²) in [6.45, 7) is 2.35. The molecule has 0 aromatic heterocycles. The molecule has 0 aromatic rings. The van der Waals surface area contributed by atoms with Crippen LogP contribution in [-0.4, -0.2) is 37.7 Å². The Morgan fingerprint density at radius 1 is 1.16 bits per heavy atom. The normalized spacial score (nSPS) is 34.6. The molecule has 19 heavy (non-hydrogen) atoms. The van der Waals surface area contributed by atoms with Crippen molar-refractivity contribution in [2.45, 2.75) is 57.1 Å². The van der Waals surface area contributed by atoms with Crippen molar-refractivity contribution < 1.29 is 9.53 Å². The van der Waals surface area contributed by atoms with Crippen molar-refractivity contribution in [2.75, 3.05) is 19.7 Å². The van der Waals surface area contributed by atoms with Crippen molar-refractivity contribution >= 4 is 5.91 Å². The lowest BCUT2D eigenvalue weighted by molar-refractivity contribution is -0.124. The van der Waals surface area contributed by atoms with E-state index in [2.05, 4.69) is 10.6 Å². The second-order valence-electron chi connectivity index (χ2n) is 6.31. The van der Waals surface area contributed by atoms with Crippen molar-refractivity contribution in [2.24, 2.45) is 11.8 Å². The fourth-order valence-corrected chi connectivity index (χ4v) is 4.04. The quantitative estimate of drug-likeness (QED) is 0.741. The molecular formula is C15H26N2O2. The van der Waals surface area contributed by atoms with Gasteiger partial charge in [-0.1, -0.05) is 19.3 Å². The van der Waals surface area contributed by atoms with Crippen LogP contribution < -0.4 is 10.6 Å². The van der Waals surface area contributed by atoms with E-state index < -0.39 is 0 Å². The van der Waals surface area contributed by atoms with Crippen molar-refractivity contribution in [3.8, 4) is 0 Å². The van der Waals surface area contributed by atoms with Gasteiger partial charge in [0, 0.05) is 6.54 Å². The molecule has 3 rings (SSSR count). The molecule has 1 saturated heterocycles. The zero-order valence-electron chi connectivity index (χ0n) is 11.7. The Morgan fingerprint density at radius 3 is 2.84 bits per heavy atom. The Hall–Kier alpha value is -0.610. The number of carbonyl (C=O) groups is 1. The first-order chi connectivity index (χ1) is 9.34. The predicted octanol–water partition coefficient (Wildman–Crippen LogP) is 1.45. The van der Waals surface area contributed by atoms with Crippen LogP contribution in [0.4, 0.5) is 0 Å². The maximum absolute atomic E-state index is 12.2. The number of rotatable bonds is 5. The largest absolute Gasteiger partial charge is 0.376 e. The molecule has 0 bridgehead atoms. The Labute approximate surface area is 115 Å². The molecule has 4 nitrogen and oxygen atoms in total. The summed E-state index contributed by atoms with van der Waals surface area (Å²) in [5.41, 5.74) is 0. The van der Waals surface area contributed by atoms with Crippen LogP contribution in [0.15, 0.2) is 0 Å². The molecule has 0 aromatic carbocycles. The average molecular weight is 266 g/mol. The Balaban J connectivity index is 1.34. The molecule has 2 aliphatic carbocycles. The maximum Gasteiger partial charge on any atom is 0.237 e. The molecule has 4 heteroatoms. The summed E-state index contributed by atoms with van der Waals surface area (Å²) in [7, 11) is 0. The lowest BCUT2D eigenvalue weighted by Gasteiger charge is -2.18. The van der Waals surface area contributed by atoms with E-state index >= 15 is 0 Å². The fraction of sp³-hybridized carbons (Fsp3) is 0.933. The second-order valence-corrected chi connectivity index (χ2v) is 6.31. The van der Waals surface area contributed by atoms with E-state index in [-0.39, 0.29) is 11.9 Å². The summed E-state index contributed by atoms with van der Waals surface area (Å²) in [5.74, 6) is 1.51. The molecule has 0 spiro atoms. The Morgan fingerprint density at radius 2 is 2.00 bits per heavy atom. The number of hydrogen-bond donors (Lipinski definition) is 2. The first kappa shape index (κ1) is 13.4. The van der Waals surface area contributed by atoms with E-state index in [1.165, 1.54) is 44.9 Å². The summed E-state index contributed by atoms with van der Waals surface area (Å²) in [4.78, 5) is 12.2. The molecule has 2 saturated carbocycles. The Kier molecular flexibility index (Phi) is 4.38. The van der Waals surface area contributed by atoms with Crippen LogP contribution in [0.25, 0.3) is 0 Å². The summed E-state index contributed by atoms with van der Waals surface area (Å²) in [6.07, 6.45) is 9.24. The van der Waals surface area contributed by atoms with Gasteiger partial charge in [0.1, 0.15) is 0 Å². The van der Waals surface area contributed by atoms with Gasteiger partial charge in [0.25, 0.3) is 0 Å². The highest BCUT2D eigenvalue weighted by molar-refractivity contribution is 5.82. The van der Waals surface area contributed by atoms with Crippen molar-refractivity contribution in [3.05, 3.63) is 0 Å². The third kappa shape index (κ3) is 3.11. The zero-order chi connectivity index (χ0) is 13.1. The number of carbonyl (C=O) groups excluding carboxylic acids is 1. The number of amides is 1. The summed E-state index contributed by atoms with van der Waals surface area (Å²) in [5, 5.41) is 6.42. The monoisotopic (exact) mass is 266 g/mol. The van der Waals surface area contributed by atoms with Crippen LogP contribution in [0, 0.1) is 11.8 Å². The summed E-state index contributed by atoms with van der Waals surface area (Å²) in [6, 6.07) is 0.0546. The van der Waals surface area contributed by atoms with Gasteiger partial charge in [-0.25, -0.2) is 0 Å². The minimum atomic E-state index is 0.0546. The van der Waals surface area contributed by atoms with E-state index in [0.29, 0.717) is 25.2 Å². The summed E-state index contributed by atoms with van der Waals surface area (Å²) < 4.78 is 5.77. The van der Waals surface area contributed by atoms with Crippen LogP contribution in [0.5, 0.6) is 0 Å². The molecule has 0 radical (unpaired) electrons. The minimum Gasteiger partial charge on any atom is -0.376 e. The third-order valence-electron chi connectivity index (χ3n) is 5.09.